The van der Waals surface area contributed by atoms with E-state index >= 15 is 0 Å². The maximum Gasteiger partial charge on any atom is 0.242 e. The molecule has 0 fully saturated rings. The Hall–Kier alpha value is -1.64. The van der Waals surface area contributed by atoms with Gasteiger partial charge in [0, 0.05) is 26.7 Å². The van der Waals surface area contributed by atoms with Crippen molar-refractivity contribution >= 4 is 27.3 Å². The maximum atomic E-state index is 12.4. The molecule has 0 saturated carbocycles. The molecular formula is C15H23N3O4S. The number of likely N-dealkylation sites (N-methyl/N-ethyl adjacent to an activating group) is 1. The van der Waals surface area contributed by atoms with Gasteiger partial charge < -0.3 is 14.5 Å². The molecule has 0 saturated heterocycles. The topological polar surface area (TPSA) is 78.9 Å². The molecule has 0 aliphatic carbocycles. The normalized spacial score (nSPS) is 14.7. The van der Waals surface area contributed by atoms with E-state index in [0.29, 0.717) is 19.7 Å². The van der Waals surface area contributed by atoms with Crippen LogP contribution in [0.5, 0.6) is 0 Å². The summed E-state index contributed by atoms with van der Waals surface area (Å²) >= 11 is 0. The van der Waals surface area contributed by atoms with Crippen LogP contribution in [0.15, 0.2) is 24.3 Å². The van der Waals surface area contributed by atoms with Crippen molar-refractivity contribution in [2.45, 2.75) is 6.92 Å². The van der Waals surface area contributed by atoms with Crippen molar-refractivity contribution in [3.8, 4) is 0 Å². The van der Waals surface area contributed by atoms with Crippen LogP contribution < -0.4 is 14.5 Å². The number of para-hydroxylation sites is 2. The Morgan fingerprint density at radius 2 is 1.96 bits per heavy atom. The van der Waals surface area contributed by atoms with E-state index in [1.165, 1.54) is 0 Å². The molecule has 8 heteroatoms. The van der Waals surface area contributed by atoms with Crippen LogP contribution in [0.4, 0.5) is 11.4 Å². The van der Waals surface area contributed by atoms with E-state index in [9.17, 15) is 13.2 Å². The molecule has 1 heterocycles. The van der Waals surface area contributed by atoms with E-state index in [4.69, 9.17) is 4.74 Å². The first-order valence-electron chi connectivity index (χ1n) is 7.60. The van der Waals surface area contributed by atoms with Crippen molar-refractivity contribution in [2.75, 3.05) is 55.4 Å². The molecule has 0 radical (unpaired) electrons. The standard InChI is InChI=1S/C15H23N3O4S/c1-3-22-10-11-23(20,21)16-12-15(19)18-9-8-17(2)13-6-4-5-7-14(13)18/h4-7,16H,3,8-12H2,1-2H3. The van der Waals surface area contributed by atoms with E-state index in [2.05, 4.69) is 9.62 Å². The third-order valence-electron chi connectivity index (χ3n) is 3.69. The predicted molar refractivity (Wildman–Crippen MR) is 90.3 cm³/mol. The second kappa shape index (κ2) is 7.76. The second-order valence-electron chi connectivity index (χ2n) is 5.29. The fourth-order valence-corrected chi connectivity index (χ4v) is 3.24. The largest absolute Gasteiger partial charge is 0.381 e. The zero-order chi connectivity index (χ0) is 16.9. The Morgan fingerprint density at radius 3 is 2.65 bits per heavy atom. The molecule has 1 N–H and O–H groups in total. The second-order valence-corrected chi connectivity index (χ2v) is 7.22. The number of ether oxygens (including phenoxy) is 1. The number of anilines is 2. The molecule has 1 amide bonds. The highest BCUT2D eigenvalue weighted by molar-refractivity contribution is 7.89. The maximum absolute atomic E-state index is 12.4. The van der Waals surface area contributed by atoms with Gasteiger partial charge in [0.2, 0.25) is 15.9 Å². The van der Waals surface area contributed by atoms with E-state index in [-0.39, 0.29) is 24.8 Å². The summed E-state index contributed by atoms with van der Waals surface area (Å²) in [6.45, 7) is 3.39. The number of fused-ring (bicyclic) bond motifs is 1. The molecule has 1 aliphatic heterocycles. The molecule has 23 heavy (non-hydrogen) atoms. The smallest absolute Gasteiger partial charge is 0.242 e. The molecule has 128 valence electrons. The number of hydrogen-bond acceptors (Lipinski definition) is 5. The zero-order valence-electron chi connectivity index (χ0n) is 13.5. The number of nitrogens with one attached hydrogen (secondary N) is 1. The lowest BCUT2D eigenvalue weighted by Crippen LogP contribution is -2.47. The third-order valence-corrected chi connectivity index (χ3v) is 4.98. The number of amides is 1. The van der Waals surface area contributed by atoms with Crippen molar-refractivity contribution < 1.29 is 17.9 Å². The lowest BCUT2D eigenvalue weighted by molar-refractivity contribution is -0.117. The van der Waals surface area contributed by atoms with Gasteiger partial charge in [0.1, 0.15) is 0 Å². The van der Waals surface area contributed by atoms with E-state index in [1.807, 2.05) is 31.3 Å². The van der Waals surface area contributed by atoms with Crippen molar-refractivity contribution in [3.05, 3.63) is 24.3 Å². The summed E-state index contributed by atoms with van der Waals surface area (Å²) in [5, 5.41) is 0. The lowest BCUT2D eigenvalue weighted by atomic mass is 10.1. The summed E-state index contributed by atoms with van der Waals surface area (Å²) in [6, 6.07) is 7.60. The highest BCUT2D eigenvalue weighted by Gasteiger charge is 2.25. The minimum absolute atomic E-state index is 0.122. The van der Waals surface area contributed by atoms with Crippen molar-refractivity contribution in [2.24, 2.45) is 0 Å². The Morgan fingerprint density at radius 1 is 1.26 bits per heavy atom. The van der Waals surface area contributed by atoms with Crippen LogP contribution in [0.3, 0.4) is 0 Å². The van der Waals surface area contributed by atoms with Gasteiger partial charge in [-0.3, -0.25) is 4.79 Å². The van der Waals surface area contributed by atoms with Crippen LogP contribution in [-0.4, -0.2) is 60.0 Å². The summed E-state index contributed by atoms with van der Waals surface area (Å²) in [4.78, 5) is 16.1. The molecule has 0 aromatic heterocycles. The average molecular weight is 341 g/mol. The number of nitrogens with zero attached hydrogens (tertiary/aromatic N) is 2. The average Bonchev–Trinajstić information content (AvgIpc) is 2.53. The Kier molecular flexibility index (Phi) is 5.97. The third kappa shape index (κ3) is 4.66. The molecule has 0 spiro atoms. The summed E-state index contributed by atoms with van der Waals surface area (Å²) in [5.74, 6) is -0.404. The predicted octanol–water partition coefficient (Wildman–Crippen LogP) is 0.425. The summed E-state index contributed by atoms with van der Waals surface area (Å²) in [5.41, 5.74) is 1.77. The van der Waals surface area contributed by atoms with E-state index < -0.39 is 10.0 Å². The van der Waals surface area contributed by atoms with E-state index in [1.54, 1.807) is 11.8 Å². The molecule has 0 unspecified atom stereocenters. The molecule has 1 aliphatic rings. The van der Waals surface area contributed by atoms with Gasteiger partial charge in [-0.15, -0.1) is 0 Å². The molecule has 0 bridgehead atoms. The van der Waals surface area contributed by atoms with Crippen molar-refractivity contribution in [1.82, 2.24) is 4.72 Å². The first kappa shape index (κ1) is 17.7. The number of rotatable bonds is 7. The first-order valence-corrected chi connectivity index (χ1v) is 9.25. The molecule has 0 atom stereocenters. The zero-order valence-corrected chi connectivity index (χ0v) is 14.3. The van der Waals surface area contributed by atoms with Gasteiger partial charge in [-0.05, 0) is 19.1 Å². The molecule has 2 rings (SSSR count). The van der Waals surface area contributed by atoms with Crippen molar-refractivity contribution in [3.63, 3.8) is 0 Å². The number of benzene rings is 1. The van der Waals surface area contributed by atoms with Crippen LogP contribution in [-0.2, 0) is 19.6 Å². The number of hydrogen-bond donors (Lipinski definition) is 1. The molecule has 7 nitrogen and oxygen atoms in total. The Bertz CT molecular complexity index is 648. The minimum atomic E-state index is -3.51. The lowest BCUT2D eigenvalue weighted by Gasteiger charge is -2.35. The quantitative estimate of drug-likeness (QED) is 0.728. The van der Waals surface area contributed by atoms with Crippen LogP contribution in [0.2, 0.25) is 0 Å². The summed E-state index contributed by atoms with van der Waals surface area (Å²) in [6.07, 6.45) is 0. The van der Waals surface area contributed by atoms with Gasteiger partial charge in [-0.25, -0.2) is 13.1 Å². The van der Waals surface area contributed by atoms with Crippen molar-refractivity contribution in [1.29, 1.82) is 0 Å². The number of carbonyl (C=O) groups is 1. The SMILES string of the molecule is CCOCCS(=O)(=O)NCC(=O)N1CCN(C)c2ccccc21. The monoisotopic (exact) mass is 341 g/mol. The van der Waals surface area contributed by atoms with Gasteiger partial charge in [0.25, 0.3) is 0 Å². The fraction of sp³-hybridized carbons (Fsp3) is 0.533. The minimum Gasteiger partial charge on any atom is -0.381 e. The van der Waals surface area contributed by atoms with Gasteiger partial charge in [-0.1, -0.05) is 12.1 Å². The summed E-state index contributed by atoms with van der Waals surface area (Å²) in [7, 11) is -1.54. The van der Waals surface area contributed by atoms with Gasteiger partial charge >= 0.3 is 0 Å². The number of carbonyl (C=O) groups excluding carboxylic acids is 1. The Balaban J connectivity index is 1.98. The molecule has 1 aromatic rings. The summed E-state index contributed by atoms with van der Waals surface area (Å²) < 4.78 is 31.0. The first-order chi connectivity index (χ1) is 10.9. The van der Waals surface area contributed by atoms with E-state index in [0.717, 1.165) is 11.4 Å². The van der Waals surface area contributed by atoms with Gasteiger partial charge in [0.15, 0.2) is 0 Å². The molecular weight excluding hydrogens is 318 g/mol. The highest BCUT2D eigenvalue weighted by Crippen LogP contribution is 2.31. The number of sulfonamides is 1. The molecule has 1 aromatic carbocycles. The Labute approximate surface area is 137 Å². The van der Waals surface area contributed by atoms with Crippen LogP contribution in [0.1, 0.15) is 6.92 Å². The van der Waals surface area contributed by atoms with Gasteiger partial charge in [0.05, 0.1) is 30.3 Å². The van der Waals surface area contributed by atoms with Crippen LogP contribution in [0.25, 0.3) is 0 Å². The van der Waals surface area contributed by atoms with Crippen LogP contribution in [0, 0.1) is 0 Å². The van der Waals surface area contributed by atoms with Crippen LogP contribution >= 0.6 is 0 Å². The van der Waals surface area contributed by atoms with Gasteiger partial charge in [-0.2, -0.15) is 0 Å². The fourth-order valence-electron chi connectivity index (χ4n) is 2.42. The highest BCUT2D eigenvalue weighted by atomic mass is 32.2.